The summed E-state index contributed by atoms with van der Waals surface area (Å²) in [5, 5.41) is 27.4. The van der Waals surface area contributed by atoms with Crippen LogP contribution in [0, 0.1) is 9.20 Å². The number of thiazole rings is 2. The first kappa shape index (κ1) is 37.3. The van der Waals surface area contributed by atoms with E-state index in [1.807, 2.05) is 0 Å². The molecular weight excluding hydrogens is 789 g/mol. The van der Waals surface area contributed by atoms with E-state index in [1.54, 1.807) is 24.0 Å². The molecule has 280 valence electrons. The minimum Gasteiger partial charge on any atom is -0.480 e. The van der Waals surface area contributed by atoms with Gasteiger partial charge in [0.2, 0.25) is 12.7 Å². The Labute approximate surface area is 306 Å². The van der Waals surface area contributed by atoms with Gasteiger partial charge in [-0.1, -0.05) is 0 Å². The Kier molecular flexibility index (Phi) is 9.99. The van der Waals surface area contributed by atoms with E-state index in [2.05, 4.69) is 0 Å². The van der Waals surface area contributed by atoms with Gasteiger partial charge in [0.25, 0.3) is 32.4 Å². The predicted octanol–water partition coefficient (Wildman–Crippen LogP) is -0.605. The van der Waals surface area contributed by atoms with Crippen molar-refractivity contribution >= 4 is 90.3 Å². The quantitative estimate of drug-likeness (QED) is 0.176. The van der Waals surface area contributed by atoms with E-state index in [0.29, 0.717) is 55.1 Å². The van der Waals surface area contributed by atoms with Gasteiger partial charge in [-0.2, -0.15) is 8.42 Å². The van der Waals surface area contributed by atoms with Gasteiger partial charge in [0.1, 0.15) is 38.4 Å². The molecule has 3 aliphatic heterocycles. The number of rotatable bonds is 11. The number of benzene rings is 1. The molecule has 2 amide bonds. The molecule has 5 heterocycles. The number of amides is 2. The summed E-state index contributed by atoms with van der Waals surface area (Å²) < 4.78 is 49.6. The number of hydrogen-bond acceptors (Lipinski definition) is 16. The molecule has 6 rings (SSSR count). The van der Waals surface area contributed by atoms with Gasteiger partial charge < -0.3 is 34.4 Å². The zero-order valence-corrected chi connectivity index (χ0v) is 30.1. The maximum absolute atomic E-state index is 13.8. The minimum atomic E-state index is -4.31. The molecule has 0 bridgehead atoms. The van der Waals surface area contributed by atoms with Gasteiger partial charge in [-0.25, -0.2) is 0 Å². The van der Waals surface area contributed by atoms with E-state index >= 15 is 0 Å². The number of carboxylic acid groups (broad SMARTS) is 3. The molecule has 0 aliphatic carbocycles. The highest BCUT2D eigenvalue weighted by Gasteiger charge is 2.38. The Morgan fingerprint density at radius 3 is 2.09 bits per heavy atom. The summed E-state index contributed by atoms with van der Waals surface area (Å²) in [5.74, 6) is -4.99. The average molecular weight is 813 g/mol. The predicted molar refractivity (Wildman–Crippen MR) is 184 cm³/mol. The van der Waals surface area contributed by atoms with E-state index in [9.17, 15) is 56.7 Å². The summed E-state index contributed by atoms with van der Waals surface area (Å²) in [7, 11) is -4.31. The molecule has 4 N–H and O–H groups in total. The lowest BCUT2D eigenvalue weighted by molar-refractivity contribution is -0.140. The monoisotopic (exact) mass is 812 g/mol. The molecule has 0 atom stereocenters. The summed E-state index contributed by atoms with van der Waals surface area (Å²) in [6, 6.07) is 3.15. The van der Waals surface area contributed by atoms with E-state index in [4.69, 9.17) is 19.3 Å². The zero-order valence-electron chi connectivity index (χ0n) is 26.8. The van der Waals surface area contributed by atoms with Gasteiger partial charge in [0, 0.05) is 24.3 Å². The van der Waals surface area contributed by atoms with Crippen LogP contribution in [0.3, 0.4) is 0 Å². The summed E-state index contributed by atoms with van der Waals surface area (Å²) in [5.41, 5.74) is -1.18. The molecule has 53 heavy (non-hydrogen) atoms. The van der Waals surface area contributed by atoms with Crippen LogP contribution in [-0.4, -0.2) is 97.0 Å². The summed E-state index contributed by atoms with van der Waals surface area (Å²) in [6.07, 6.45) is 1.29. The van der Waals surface area contributed by atoms with Gasteiger partial charge in [-0.05, 0) is 31.2 Å². The largest absolute Gasteiger partial charge is 0.480 e. The van der Waals surface area contributed by atoms with Crippen molar-refractivity contribution in [2.45, 2.75) is 26.4 Å². The van der Waals surface area contributed by atoms with Gasteiger partial charge in [0.15, 0.2) is 17.2 Å². The summed E-state index contributed by atoms with van der Waals surface area (Å²) in [6.45, 7) is -1.43. The third-order valence-electron chi connectivity index (χ3n) is 7.57. The van der Waals surface area contributed by atoms with Crippen LogP contribution in [0.15, 0.2) is 33.2 Å². The van der Waals surface area contributed by atoms with Crippen molar-refractivity contribution < 1.29 is 66.5 Å². The van der Waals surface area contributed by atoms with Crippen molar-refractivity contribution in [1.29, 1.82) is 0 Å². The average Bonchev–Trinajstić information content (AvgIpc) is 3.86. The first-order valence-corrected chi connectivity index (χ1v) is 18.9. The van der Waals surface area contributed by atoms with Crippen molar-refractivity contribution in [1.82, 2.24) is 14.0 Å². The van der Waals surface area contributed by atoms with Crippen LogP contribution in [0.1, 0.15) is 13.3 Å². The van der Waals surface area contributed by atoms with Crippen molar-refractivity contribution in [3.05, 3.63) is 62.7 Å². The van der Waals surface area contributed by atoms with Gasteiger partial charge >= 0.3 is 17.9 Å². The number of carbonyl (C=O) groups excluding carboxylic acids is 2. The second kappa shape index (κ2) is 14.2. The summed E-state index contributed by atoms with van der Waals surface area (Å²) >= 11 is 1.46. The number of aliphatic carboxylic acids is 3. The molecule has 2 aromatic heterocycles. The van der Waals surface area contributed by atoms with Crippen LogP contribution < -0.4 is 39.4 Å². The van der Waals surface area contributed by atoms with Crippen LogP contribution in [0.5, 0.6) is 17.2 Å². The Bertz CT molecular complexity index is 2640. The number of hydrogen-bond donors (Lipinski definition) is 4. The first-order valence-electron chi connectivity index (χ1n) is 14.9. The zero-order chi connectivity index (χ0) is 38.5. The smallest absolute Gasteiger partial charge is 0.323 e. The van der Waals surface area contributed by atoms with Crippen LogP contribution >= 0.6 is 34.4 Å². The molecule has 3 aromatic rings. The Hall–Kier alpha value is -5.43. The number of ether oxygens (including phenoxy) is 3. The van der Waals surface area contributed by atoms with Gasteiger partial charge in [-0.3, -0.25) is 52.1 Å². The number of nitrogens with zero attached hydrogens (tertiary/aromatic N) is 4. The van der Waals surface area contributed by atoms with Crippen molar-refractivity contribution in [2.75, 3.05) is 30.5 Å². The summed E-state index contributed by atoms with van der Waals surface area (Å²) in [4.78, 5) is 89.5. The molecule has 0 unspecified atom stereocenters. The molecule has 1 fully saturated rings. The standard InChI is InChI=1S/C29H24N4O16S4/c1-12(26-30(3-2-4-53(44,45)46)13-6-15-16(48-11-47-15)7-14(13)49-26)5-17-23(40)31(8-18(34)35)27(50-17)21-24(41)32(9-19(36)37)28(51-21)22-25(42)33(10-20(38)39)29(43)52-22/h5-7H,2-4,8-11H2,1H3,(H,34,35)(H,36,37)(H,38,39)(H,44,45,46)/b17-5?,26-12?,27-21+,28-22?. The molecule has 1 aromatic carbocycles. The molecular formula is C29H24N4O16S4. The van der Waals surface area contributed by atoms with Gasteiger partial charge in [-0.15, -0.1) is 22.7 Å². The Morgan fingerprint density at radius 1 is 0.849 bits per heavy atom. The number of anilines is 1. The maximum Gasteiger partial charge on any atom is 0.323 e. The highest BCUT2D eigenvalue weighted by atomic mass is 32.2. The maximum atomic E-state index is 13.8. The van der Waals surface area contributed by atoms with Crippen LogP contribution in [0.2, 0.25) is 0 Å². The van der Waals surface area contributed by atoms with E-state index in [0.717, 1.165) is 4.57 Å². The van der Waals surface area contributed by atoms with E-state index in [1.165, 1.54) is 6.08 Å². The topological polar surface area (TPSA) is 279 Å². The number of carbonyl (C=O) groups is 5. The number of imide groups is 1. The molecule has 20 nitrogen and oxygen atoms in total. The fourth-order valence-electron chi connectivity index (χ4n) is 5.41. The lowest BCUT2D eigenvalue weighted by Crippen LogP contribution is -2.35. The molecule has 0 saturated carbocycles. The fraction of sp³-hybridized carbons (Fsp3) is 0.276. The van der Waals surface area contributed by atoms with Crippen molar-refractivity contribution in [3.8, 4) is 17.2 Å². The normalized spacial score (nSPS) is 18.1. The van der Waals surface area contributed by atoms with E-state index in [-0.39, 0.29) is 61.4 Å². The highest BCUT2D eigenvalue weighted by molar-refractivity contribution is 8.23. The van der Waals surface area contributed by atoms with Crippen molar-refractivity contribution in [2.24, 2.45) is 0 Å². The number of carboxylic acids is 3. The number of fused-ring (bicyclic) bond motifs is 2. The van der Waals surface area contributed by atoms with Gasteiger partial charge in [0.05, 0.1) is 16.0 Å². The number of thioether (sulfide) groups is 1. The highest BCUT2D eigenvalue weighted by Crippen LogP contribution is 2.48. The molecule has 3 aliphatic rings. The fourth-order valence-corrected chi connectivity index (χ4v) is 9.34. The lowest BCUT2D eigenvalue weighted by Gasteiger charge is -2.19. The second-order valence-electron chi connectivity index (χ2n) is 11.3. The first-order chi connectivity index (χ1) is 24.9. The Balaban J connectivity index is 1.57. The molecule has 0 spiro atoms. The second-order valence-corrected chi connectivity index (χ2v) is 15.8. The lowest BCUT2D eigenvalue weighted by atomic mass is 10.2. The SMILES string of the molecule is CC(C=c1s/c(=c2/sc(=C3SC(=O)N(CC(=O)O)C3=O)n(CC(=O)O)c2=O)n(CC(=O)O)c1=O)=C1Oc2cc3c(cc2N1CCCS(=O)(=O)O)OCO3. The number of allylic oxidation sites excluding steroid dienone is 1. The third kappa shape index (κ3) is 7.43. The molecule has 1 saturated heterocycles. The minimum absolute atomic E-state index is 0.00887. The number of aromatic nitrogens is 2. The van der Waals surface area contributed by atoms with Crippen LogP contribution in [0.4, 0.5) is 10.5 Å². The van der Waals surface area contributed by atoms with Crippen LogP contribution in [0.25, 0.3) is 11.0 Å². The molecule has 0 radical (unpaired) electrons. The van der Waals surface area contributed by atoms with E-state index < -0.39 is 80.6 Å². The Morgan fingerprint density at radius 2 is 1.47 bits per heavy atom. The van der Waals surface area contributed by atoms with Crippen molar-refractivity contribution in [3.63, 3.8) is 0 Å². The third-order valence-corrected chi connectivity index (χ3v) is 11.9. The van der Waals surface area contributed by atoms with Crippen LogP contribution in [-0.2, 0) is 42.4 Å². The molecule has 24 heteroatoms.